The molecule has 98 valence electrons. The third-order valence-electron chi connectivity index (χ3n) is 3.37. The molecule has 0 fully saturated rings. The van der Waals surface area contributed by atoms with Crippen LogP contribution in [0, 0.1) is 5.82 Å². The molecule has 0 aliphatic carbocycles. The summed E-state index contributed by atoms with van der Waals surface area (Å²) >= 11 is 0. The van der Waals surface area contributed by atoms with Crippen molar-refractivity contribution in [1.29, 1.82) is 0 Å². The van der Waals surface area contributed by atoms with E-state index in [2.05, 4.69) is 16.6 Å². The van der Waals surface area contributed by atoms with Gasteiger partial charge in [0, 0.05) is 18.7 Å². The number of nitrogens with zero attached hydrogens (tertiary/aromatic N) is 3. The Bertz CT molecular complexity index is 588. The number of allylic oxidation sites excluding steroid dienone is 3. The topological polar surface area (TPSA) is 27.6 Å². The summed E-state index contributed by atoms with van der Waals surface area (Å²) < 4.78 is 13.4. The van der Waals surface area contributed by atoms with Gasteiger partial charge < -0.3 is 0 Å². The van der Waals surface area contributed by atoms with E-state index in [0.717, 1.165) is 17.1 Å². The molecule has 0 spiro atoms. The molecule has 0 amide bonds. The van der Waals surface area contributed by atoms with E-state index in [9.17, 15) is 4.39 Å². The Kier molecular flexibility index (Phi) is 2.64. The van der Waals surface area contributed by atoms with Crippen molar-refractivity contribution in [2.75, 3.05) is 7.05 Å². The Balaban J connectivity index is 1.94. The fourth-order valence-corrected chi connectivity index (χ4v) is 2.46. The zero-order valence-electron chi connectivity index (χ0n) is 11.0. The fraction of sp³-hybridized carbons (Fsp3) is 0.214. The molecule has 1 unspecified atom stereocenters. The smallest absolute Gasteiger partial charge is 0.228 e. The summed E-state index contributed by atoms with van der Waals surface area (Å²) in [5.41, 5.74) is 5.56. The molecular weight excluding hydrogens is 243 g/mol. The second kappa shape index (κ2) is 4.20. The molecule has 1 aromatic carbocycles. The first-order chi connectivity index (χ1) is 9.09. The largest absolute Gasteiger partial charge is 0.255 e. The highest BCUT2D eigenvalue weighted by atomic mass is 19.1. The first-order valence-corrected chi connectivity index (χ1v) is 6.18. The van der Waals surface area contributed by atoms with Gasteiger partial charge in [0.1, 0.15) is 12.4 Å². The second-order valence-corrected chi connectivity index (χ2v) is 4.89. The molecule has 2 aliphatic heterocycles. The van der Waals surface area contributed by atoms with Crippen molar-refractivity contribution in [1.82, 2.24) is 10.4 Å². The van der Waals surface area contributed by atoms with E-state index in [0.29, 0.717) is 11.1 Å². The van der Waals surface area contributed by atoms with E-state index in [1.165, 1.54) is 12.1 Å². The van der Waals surface area contributed by atoms with Crippen molar-refractivity contribution < 1.29 is 8.98 Å². The minimum atomic E-state index is -0.214. The lowest BCUT2D eigenvalue weighted by molar-refractivity contribution is -0.855. The number of quaternary nitrogens is 1. The lowest BCUT2D eigenvalue weighted by atomic mass is 10.2. The fourth-order valence-electron chi connectivity index (χ4n) is 2.46. The maximum atomic E-state index is 13.0. The molecule has 0 saturated carbocycles. The van der Waals surface area contributed by atoms with Crippen molar-refractivity contribution in [3.63, 3.8) is 0 Å². The zero-order valence-corrected chi connectivity index (χ0v) is 11.0. The van der Waals surface area contributed by atoms with E-state index in [4.69, 9.17) is 0 Å². The van der Waals surface area contributed by atoms with Gasteiger partial charge in [0.2, 0.25) is 6.34 Å². The second-order valence-electron chi connectivity index (χ2n) is 4.89. The monoisotopic (exact) mass is 259 g/mol. The number of rotatable bonds is 2. The Hall–Kier alpha value is -2.14. The Labute approximate surface area is 111 Å². The molecule has 0 bridgehead atoms. The first kappa shape index (κ1) is 11.9. The van der Waals surface area contributed by atoms with Crippen LogP contribution in [0.3, 0.4) is 0 Å². The quantitative estimate of drug-likeness (QED) is 0.825. The van der Waals surface area contributed by atoms with Gasteiger partial charge in [0.25, 0.3) is 5.82 Å². The van der Waals surface area contributed by atoms with E-state index >= 15 is 0 Å². The number of benzene rings is 1. The van der Waals surface area contributed by atoms with Crippen LogP contribution in [0.2, 0.25) is 0 Å². The van der Waals surface area contributed by atoms with Crippen LogP contribution in [0.5, 0.6) is 0 Å². The maximum Gasteiger partial charge on any atom is 0.255 e. The summed E-state index contributed by atoms with van der Waals surface area (Å²) in [6, 6.07) is 6.59. The van der Waals surface area contributed by atoms with Crippen molar-refractivity contribution in [2.45, 2.75) is 13.5 Å². The van der Waals surface area contributed by atoms with E-state index in [1.54, 1.807) is 12.1 Å². The third-order valence-corrected chi connectivity index (χ3v) is 3.37. The van der Waals surface area contributed by atoms with Crippen molar-refractivity contribution in [2.24, 2.45) is 5.10 Å². The summed E-state index contributed by atoms with van der Waals surface area (Å²) in [5, 5.41) is 6.19. The van der Waals surface area contributed by atoms with Crippen LogP contribution >= 0.6 is 0 Å². The maximum absolute atomic E-state index is 13.0. The van der Waals surface area contributed by atoms with Crippen LogP contribution in [0.1, 0.15) is 12.5 Å². The number of nitrogens with one attached hydrogen (secondary N) is 1. The van der Waals surface area contributed by atoms with Gasteiger partial charge in [-0.25, -0.2) is 14.8 Å². The molecule has 2 heterocycles. The lowest BCUT2D eigenvalue weighted by Gasteiger charge is -2.34. The zero-order chi connectivity index (χ0) is 13.5. The molecule has 1 N–H and O–H groups in total. The lowest BCUT2D eigenvalue weighted by Crippen LogP contribution is -2.55. The number of hydrogen-bond donors (Lipinski definition) is 1. The van der Waals surface area contributed by atoms with Crippen LogP contribution in [0.25, 0.3) is 0 Å². The summed E-state index contributed by atoms with van der Waals surface area (Å²) in [5.74, 6) is 0.837. The minimum absolute atomic E-state index is 0.214. The van der Waals surface area contributed by atoms with Gasteiger partial charge in [-0.1, -0.05) is 12.1 Å². The molecule has 0 saturated heterocycles. The number of hydrogen-bond acceptors (Lipinski definition) is 3. The Morgan fingerprint density at radius 1 is 1.26 bits per heavy atom. The SMILES string of the molecule is CC1=CC=C2N(C)N=C[N+]2(Cc2ccc(F)cc2)N1. The van der Waals surface area contributed by atoms with Gasteiger partial charge >= 0.3 is 0 Å². The molecule has 4 nitrogen and oxygen atoms in total. The predicted molar refractivity (Wildman–Crippen MR) is 71.6 cm³/mol. The highest BCUT2D eigenvalue weighted by Gasteiger charge is 2.41. The summed E-state index contributed by atoms with van der Waals surface area (Å²) in [6.07, 6.45) is 5.95. The van der Waals surface area contributed by atoms with Gasteiger partial charge in [-0.2, -0.15) is 0 Å². The van der Waals surface area contributed by atoms with Crippen molar-refractivity contribution in [3.05, 3.63) is 59.3 Å². The van der Waals surface area contributed by atoms with E-state index in [1.807, 2.05) is 31.4 Å². The van der Waals surface area contributed by atoms with Gasteiger partial charge in [-0.3, -0.25) is 0 Å². The summed E-state index contributed by atoms with van der Waals surface area (Å²) in [6.45, 7) is 2.70. The van der Waals surface area contributed by atoms with Crippen LogP contribution in [-0.4, -0.2) is 23.0 Å². The summed E-state index contributed by atoms with van der Waals surface area (Å²) in [7, 11) is 1.92. The van der Waals surface area contributed by atoms with Gasteiger partial charge in [-0.15, -0.1) is 9.69 Å². The highest BCUT2D eigenvalue weighted by molar-refractivity contribution is 5.51. The molecule has 0 aromatic heterocycles. The Morgan fingerprint density at radius 3 is 2.74 bits per heavy atom. The van der Waals surface area contributed by atoms with Crippen LogP contribution < -0.4 is 5.43 Å². The highest BCUT2D eigenvalue weighted by Crippen LogP contribution is 2.28. The van der Waals surface area contributed by atoms with Gasteiger partial charge in [0.15, 0.2) is 0 Å². The van der Waals surface area contributed by atoms with Crippen LogP contribution in [-0.2, 0) is 6.54 Å². The van der Waals surface area contributed by atoms with E-state index < -0.39 is 0 Å². The molecule has 3 rings (SSSR count). The third kappa shape index (κ3) is 2.02. The van der Waals surface area contributed by atoms with Crippen molar-refractivity contribution in [3.8, 4) is 0 Å². The average Bonchev–Trinajstić information content (AvgIpc) is 2.69. The molecular formula is C14H16FN4+. The molecule has 5 heteroatoms. The first-order valence-electron chi connectivity index (χ1n) is 6.18. The van der Waals surface area contributed by atoms with E-state index in [-0.39, 0.29) is 5.82 Å². The van der Waals surface area contributed by atoms with Crippen molar-refractivity contribution >= 4 is 6.34 Å². The number of fused-ring (bicyclic) bond motifs is 1. The number of hydrazone groups is 1. The predicted octanol–water partition coefficient (Wildman–Crippen LogP) is 2.29. The van der Waals surface area contributed by atoms with Crippen LogP contribution in [0.4, 0.5) is 4.39 Å². The molecule has 19 heavy (non-hydrogen) atoms. The molecule has 2 aliphatic rings. The molecule has 0 radical (unpaired) electrons. The van der Waals surface area contributed by atoms with Crippen LogP contribution in [0.15, 0.2) is 53.0 Å². The minimum Gasteiger partial charge on any atom is -0.228 e. The standard InChI is InChI=1S/C14H16FN4/c1-11-3-8-14-18(2)16-10-19(14,17-11)9-12-4-6-13(15)7-5-12/h3-8,10,17H,9H2,1-2H3/q+1. The average molecular weight is 259 g/mol. The normalized spacial score (nSPS) is 24.7. The Morgan fingerprint density at radius 2 is 2.00 bits per heavy atom. The van der Waals surface area contributed by atoms with Gasteiger partial charge in [-0.05, 0) is 25.1 Å². The number of halogens is 1. The molecule has 1 aromatic rings. The van der Waals surface area contributed by atoms with Gasteiger partial charge in [0.05, 0.1) is 5.70 Å². The summed E-state index contributed by atoms with van der Waals surface area (Å²) in [4.78, 5) is 0. The molecule has 1 atom stereocenters.